The lowest BCUT2D eigenvalue weighted by molar-refractivity contribution is 0.103. The van der Waals surface area contributed by atoms with E-state index in [1.54, 1.807) is 30.3 Å². The number of nitrogens with one attached hydrogen (secondary N) is 1. The van der Waals surface area contributed by atoms with Gasteiger partial charge in [0.1, 0.15) is 11.4 Å². The number of aromatic hydroxyl groups is 2. The molecule has 0 saturated heterocycles. The maximum Gasteiger partial charge on any atom is 0.196 e. The summed E-state index contributed by atoms with van der Waals surface area (Å²) in [5.74, 6) is -0.757. The van der Waals surface area contributed by atoms with Crippen molar-refractivity contribution in [3.05, 3.63) is 53.6 Å². The highest BCUT2D eigenvalue weighted by atomic mass is 16.3. The first kappa shape index (κ1) is 16.8. The van der Waals surface area contributed by atoms with Gasteiger partial charge in [-0.2, -0.15) is 0 Å². The van der Waals surface area contributed by atoms with Gasteiger partial charge in [0.15, 0.2) is 11.5 Å². The van der Waals surface area contributed by atoms with Gasteiger partial charge in [0.25, 0.3) is 0 Å². The molecular weight excluding hydrogens is 294 g/mol. The van der Waals surface area contributed by atoms with E-state index in [4.69, 9.17) is 0 Å². The Balaban J connectivity index is 2.41. The van der Waals surface area contributed by atoms with E-state index in [2.05, 4.69) is 5.32 Å². The molecule has 0 aliphatic heterocycles. The molecule has 2 aromatic carbocycles. The second-order valence-corrected chi connectivity index (χ2v) is 5.73. The van der Waals surface area contributed by atoms with E-state index >= 15 is 0 Å². The van der Waals surface area contributed by atoms with E-state index in [9.17, 15) is 20.1 Å². The Morgan fingerprint density at radius 3 is 2.30 bits per heavy atom. The van der Waals surface area contributed by atoms with Crippen molar-refractivity contribution in [2.45, 2.75) is 19.9 Å². The van der Waals surface area contributed by atoms with Crippen molar-refractivity contribution >= 4 is 11.5 Å². The molecule has 23 heavy (non-hydrogen) atoms. The fourth-order valence-electron chi connectivity index (χ4n) is 2.26. The normalized spacial score (nSPS) is 12.2. The zero-order valence-corrected chi connectivity index (χ0v) is 13.2. The Labute approximate surface area is 135 Å². The van der Waals surface area contributed by atoms with Crippen LogP contribution in [-0.4, -0.2) is 33.8 Å². The molecule has 0 aliphatic carbocycles. The van der Waals surface area contributed by atoms with Gasteiger partial charge in [-0.1, -0.05) is 44.2 Å². The van der Waals surface area contributed by atoms with Crippen LogP contribution in [0, 0.1) is 5.92 Å². The molecule has 122 valence electrons. The molecule has 4 N–H and O–H groups in total. The number of benzene rings is 2. The summed E-state index contributed by atoms with van der Waals surface area (Å²) in [5, 5.41) is 32.7. The Morgan fingerprint density at radius 1 is 1.09 bits per heavy atom. The first-order valence-corrected chi connectivity index (χ1v) is 7.47. The molecule has 1 unspecified atom stereocenters. The minimum atomic E-state index is -0.353. The topological polar surface area (TPSA) is 89.8 Å². The smallest absolute Gasteiger partial charge is 0.196 e. The maximum atomic E-state index is 12.5. The number of carbonyl (C=O) groups excluding carboxylic acids is 1. The zero-order chi connectivity index (χ0) is 17.0. The molecule has 0 heterocycles. The first-order valence-electron chi connectivity index (χ1n) is 7.47. The molecular formula is C18H21NO4. The molecule has 5 heteroatoms. The first-order chi connectivity index (χ1) is 11.0. The summed E-state index contributed by atoms with van der Waals surface area (Å²) in [6.07, 6.45) is 0. The minimum Gasteiger partial charge on any atom is -0.506 e. The van der Waals surface area contributed by atoms with Gasteiger partial charge in [-0.3, -0.25) is 4.79 Å². The summed E-state index contributed by atoms with van der Waals surface area (Å²) >= 11 is 0. The van der Waals surface area contributed by atoms with E-state index in [1.165, 1.54) is 12.1 Å². The lowest BCUT2D eigenvalue weighted by Crippen LogP contribution is -2.29. The van der Waals surface area contributed by atoms with Crippen LogP contribution in [0.25, 0.3) is 0 Å². The Hall–Kier alpha value is -2.53. The standard InChI is InChI=1S/C18H21NO4/c1-11(2)14(10-20)19-16-15(21)9-8-13(18(16)23)17(22)12-6-4-3-5-7-12/h3-9,11,14,19-21,23H,10H2,1-2H3. The zero-order valence-electron chi connectivity index (χ0n) is 13.2. The van der Waals surface area contributed by atoms with E-state index in [1.807, 2.05) is 13.8 Å². The number of carbonyl (C=O) groups is 1. The highest BCUT2D eigenvalue weighted by molar-refractivity contribution is 6.11. The third-order valence-electron chi connectivity index (χ3n) is 3.77. The van der Waals surface area contributed by atoms with Crippen LogP contribution in [0.15, 0.2) is 42.5 Å². The molecule has 1 atom stereocenters. The highest BCUT2D eigenvalue weighted by Crippen LogP contribution is 2.38. The molecule has 0 bridgehead atoms. The van der Waals surface area contributed by atoms with E-state index in [-0.39, 0.29) is 47.1 Å². The quantitative estimate of drug-likeness (QED) is 0.486. The summed E-state index contributed by atoms with van der Waals surface area (Å²) in [6.45, 7) is 3.65. The molecule has 0 aliphatic rings. The molecule has 0 fully saturated rings. The van der Waals surface area contributed by atoms with Crippen molar-refractivity contribution in [3.8, 4) is 11.5 Å². The largest absolute Gasteiger partial charge is 0.506 e. The maximum absolute atomic E-state index is 12.5. The van der Waals surface area contributed by atoms with Crippen LogP contribution in [-0.2, 0) is 0 Å². The van der Waals surface area contributed by atoms with Crippen LogP contribution < -0.4 is 5.32 Å². The molecule has 0 spiro atoms. The fraction of sp³-hybridized carbons (Fsp3) is 0.278. The number of rotatable bonds is 6. The number of aliphatic hydroxyl groups is 1. The lowest BCUT2D eigenvalue weighted by Gasteiger charge is -2.23. The number of phenolic OH excluding ortho intramolecular Hbond substituents is 2. The summed E-state index contributed by atoms with van der Waals surface area (Å²) in [4.78, 5) is 12.5. The van der Waals surface area contributed by atoms with Crippen molar-refractivity contribution in [2.24, 2.45) is 5.92 Å². The fourth-order valence-corrected chi connectivity index (χ4v) is 2.26. The summed E-state index contributed by atoms with van der Waals surface area (Å²) < 4.78 is 0. The summed E-state index contributed by atoms with van der Waals surface area (Å²) in [5.41, 5.74) is 0.596. The molecule has 2 aromatic rings. The van der Waals surface area contributed by atoms with Gasteiger partial charge in [-0.15, -0.1) is 0 Å². The van der Waals surface area contributed by atoms with Gasteiger partial charge >= 0.3 is 0 Å². The Kier molecular flexibility index (Phi) is 5.24. The SMILES string of the molecule is CC(C)C(CO)Nc1c(O)ccc(C(=O)c2ccccc2)c1O. The second kappa shape index (κ2) is 7.15. The van der Waals surface area contributed by atoms with Crippen molar-refractivity contribution < 1.29 is 20.1 Å². The molecule has 0 aromatic heterocycles. The van der Waals surface area contributed by atoms with Gasteiger partial charge in [0, 0.05) is 5.56 Å². The highest BCUT2D eigenvalue weighted by Gasteiger charge is 2.21. The summed E-state index contributed by atoms with van der Waals surface area (Å²) in [6, 6.07) is 11.0. The molecule has 0 amide bonds. The average molecular weight is 315 g/mol. The number of hydrogen-bond acceptors (Lipinski definition) is 5. The number of hydrogen-bond donors (Lipinski definition) is 4. The van der Waals surface area contributed by atoms with Crippen LogP contribution in [0.5, 0.6) is 11.5 Å². The van der Waals surface area contributed by atoms with E-state index in [0.29, 0.717) is 5.56 Å². The van der Waals surface area contributed by atoms with Gasteiger partial charge in [0.05, 0.1) is 18.2 Å². The van der Waals surface area contributed by atoms with Crippen molar-refractivity contribution in [1.82, 2.24) is 0 Å². The van der Waals surface area contributed by atoms with E-state index in [0.717, 1.165) is 0 Å². The van der Waals surface area contributed by atoms with Gasteiger partial charge in [-0.25, -0.2) is 0 Å². The minimum absolute atomic E-state index is 0.0551. The van der Waals surface area contributed by atoms with Crippen molar-refractivity contribution in [3.63, 3.8) is 0 Å². The molecule has 0 radical (unpaired) electrons. The third kappa shape index (κ3) is 3.63. The summed E-state index contributed by atoms with van der Waals surface area (Å²) in [7, 11) is 0. The van der Waals surface area contributed by atoms with Crippen LogP contribution >= 0.6 is 0 Å². The van der Waals surface area contributed by atoms with E-state index < -0.39 is 0 Å². The number of aliphatic hydroxyl groups excluding tert-OH is 1. The van der Waals surface area contributed by atoms with Crippen LogP contribution in [0.2, 0.25) is 0 Å². The number of ketones is 1. The van der Waals surface area contributed by atoms with Gasteiger partial charge < -0.3 is 20.6 Å². The van der Waals surface area contributed by atoms with Crippen molar-refractivity contribution in [1.29, 1.82) is 0 Å². The van der Waals surface area contributed by atoms with Crippen LogP contribution in [0.1, 0.15) is 29.8 Å². The van der Waals surface area contributed by atoms with Gasteiger partial charge in [0.2, 0.25) is 0 Å². The average Bonchev–Trinajstić information content (AvgIpc) is 2.55. The number of anilines is 1. The third-order valence-corrected chi connectivity index (χ3v) is 3.77. The van der Waals surface area contributed by atoms with Crippen LogP contribution in [0.4, 0.5) is 5.69 Å². The Morgan fingerprint density at radius 2 is 1.74 bits per heavy atom. The monoisotopic (exact) mass is 315 g/mol. The Bertz CT molecular complexity index is 683. The molecule has 0 saturated carbocycles. The lowest BCUT2D eigenvalue weighted by atomic mass is 10.00. The second-order valence-electron chi connectivity index (χ2n) is 5.73. The molecule has 5 nitrogen and oxygen atoms in total. The molecule has 2 rings (SSSR count). The predicted molar refractivity (Wildman–Crippen MR) is 89.0 cm³/mol. The van der Waals surface area contributed by atoms with Gasteiger partial charge in [-0.05, 0) is 18.1 Å². The predicted octanol–water partition coefficient (Wildman–Crippen LogP) is 2.76. The van der Waals surface area contributed by atoms with Crippen LogP contribution in [0.3, 0.4) is 0 Å². The van der Waals surface area contributed by atoms with Crippen molar-refractivity contribution in [2.75, 3.05) is 11.9 Å². The number of phenols is 2.